The van der Waals surface area contributed by atoms with Crippen LogP contribution in [0, 0.1) is 0 Å². The summed E-state index contributed by atoms with van der Waals surface area (Å²) in [4.78, 5) is 0. The fourth-order valence-electron chi connectivity index (χ4n) is 2.06. The molecule has 2 rings (SSSR count). The third-order valence-corrected chi connectivity index (χ3v) is 3.53. The maximum Gasteiger partial charge on any atom is 0.137 e. The highest BCUT2D eigenvalue weighted by atomic mass is 79.9. The second-order valence-electron chi connectivity index (χ2n) is 6.38. The van der Waals surface area contributed by atoms with Gasteiger partial charge in [-0.25, -0.2) is 0 Å². The minimum Gasteiger partial charge on any atom is -0.459 e. The van der Waals surface area contributed by atoms with E-state index >= 15 is 0 Å². The van der Waals surface area contributed by atoms with E-state index in [4.69, 9.17) is 4.42 Å². The van der Waals surface area contributed by atoms with E-state index in [1.165, 1.54) is 10.9 Å². The second kappa shape index (κ2) is 5.29. The highest BCUT2D eigenvalue weighted by Crippen LogP contribution is 2.31. The number of nitrogens with one attached hydrogen (secondary N) is 1. The summed E-state index contributed by atoms with van der Waals surface area (Å²) in [5, 5.41) is 4.63. The molecule has 0 atom stereocenters. The molecule has 0 aliphatic carbocycles. The molecular formula is C16H22BrNO. The lowest BCUT2D eigenvalue weighted by atomic mass is 10.0. The van der Waals surface area contributed by atoms with Gasteiger partial charge in [-0.15, -0.1) is 0 Å². The van der Waals surface area contributed by atoms with Crippen molar-refractivity contribution in [1.29, 1.82) is 0 Å². The van der Waals surface area contributed by atoms with E-state index < -0.39 is 0 Å². The van der Waals surface area contributed by atoms with Crippen molar-refractivity contribution in [2.24, 2.45) is 0 Å². The van der Waals surface area contributed by atoms with Crippen LogP contribution < -0.4 is 5.32 Å². The van der Waals surface area contributed by atoms with Gasteiger partial charge < -0.3 is 9.73 Å². The Hall–Kier alpha value is -0.800. The molecule has 0 radical (unpaired) electrons. The SMILES string of the molecule is CC(C)c1cc(Br)cc2cc(CNC(C)(C)C)oc12. The fraction of sp³-hybridized carbons (Fsp3) is 0.500. The van der Waals surface area contributed by atoms with Gasteiger partial charge in [0.2, 0.25) is 0 Å². The number of fused-ring (bicyclic) bond motifs is 1. The summed E-state index contributed by atoms with van der Waals surface area (Å²) in [5.74, 6) is 1.44. The Labute approximate surface area is 123 Å². The number of halogens is 1. The van der Waals surface area contributed by atoms with Crippen molar-refractivity contribution in [3.63, 3.8) is 0 Å². The van der Waals surface area contributed by atoms with Crippen molar-refractivity contribution in [3.05, 3.63) is 34.0 Å². The molecule has 0 bridgehead atoms. The molecule has 1 aromatic carbocycles. The van der Waals surface area contributed by atoms with Crippen LogP contribution in [0.3, 0.4) is 0 Å². The summed E-state index contributed by atoms with van der Waals surface area (Å²) in [7, 11) is 0. The van der Waals surface area contributed by atoms with Crippen molar-refractivity contribution >= 4 is 26.9 Å². The Morgan fingerprint density at radius 3 is 2.47 bits per heavy atom. The van der Waals surface area contributed by atoms with Crippen LogP contribution in [0.2, 0.25) is 0 Å². The van der Waals surface area contributed by atoms with Gasteiger partial charge in [0, 0.05) is 15.4 Å². The molecule has 2 nitrogen and oxygen atoms in total. The van der Waals surface area contributed by atoms with Crippen LogP contribution in [-0.4, -0.2) is 5.54 Å². The number of hydrogen-bond acceptors (Lipinski definition) is 2. The lowest BCUT2D eigenvalue weighted by molar-refractivity contribution is 0.394. The van der Waals surface area contributed by atoms with E-state index in [-0.39, 0.29) is 5.54 Å². The van der Waals surface area contributed by atoms with E-state index in [9.17, 15) is 0 Å². The summed E-state index contributed by atoms with van der Waals surface area (Å²) in [6.45, 7) is 11.6. The second-order valence-corrected chi connectivity index (χ2v) is 7.30. The molecule has 1 aromatic heterocycles. The molecule has 0 aliphatic rings. The van der Waals surface area contributed by atoms with E-state index in [1.54, 1.807) is 0 Å². The quantitative estimate of drug-likeness (QED) is 0.839. The molecule has 0 fully saturated rings. The van der Waals surface area contributed by atoms with Gasteiger partial charge in [0.25, 0.3) is 0 Å². The fourth-order valence-corrected chi connectivity index (χ4v) is 2.56. The van der Waals surface area contributed by atoms with Gasteiger partial charge in [0.15, 0.2) is 0 Å². The molecule has 1 N–H and O–H groups in total. The molecule has 0 saturated heterocycles. The predicted octanol–water partition coefficient (Wildman–Crippen LogP) is 5.21. The van der Waals surface area contributed by atoms with Gasteiger partial charge in [0.05, 0.1) is 6.54 Å². The van der Waals surface area contributed by atoms with Gasteiger partial charge >= 0.3 is 0 Å². The number of benzene rings is 1. The molecule has 2 aromatic rings. The minimum atomic E-state index is 0.0977. The van der Waals surface area contributed by atoms with Crippen LogP contribution in [0.4, 0.5) is 0 Å². The highest BCUT2D eigenvalue weighted by Gasteiger charge is 2.14. The molecule has 3 heteroatoms. The largest absolute Gasteiger partial charge is 0.459 e. The Balaban J connectivity index is 2.37. The maximum absolute atomic E-state index is 6.03. The summed E-state index contributed by atoms with van der Waals surface area (Å²) in [5.41, 5.74) is 2.37. The normalized spacial score (nSPS) is 12.6. The van der Waals surface area contributed by atoms with Crippen molar-refractivity contribution in [2.75, 3.05) is 0 Å². The van der Waals surface area contributed by atoms with Crippen LogP contribution in [0.5, 0.6) is 0 Å². The van der Waals surface area contributed by atoms with Crippen LogP contribution in [0.25, 0.3) is 11.0 Å². The first kappa shape index (κ1) is 14.6. The summed E-state index contributed by atoms with van der Waals surface area (Å²) in [6.07, 6.45) is 0. The number of furan rings is 1. The Morgan fingerprint density at radius 1 is 1.21 bits per heavy atom. The van der Waals surface area contributed by atoms with E-state index in [1.807, 2.05) is 0 Å². The van der Waals surface area contributed by atoms with Gasteiger partial charge in [0.1, 0.15) is 11.3 Å². The zero-order chi connectivity index (χ0) is 14.2. The monoisotopic (exact) mass is 323 g/mol. The van der Waals surface area contributed by atoms with Crippen LogP contribution in [-0.2, 0) is 6.54 Å². The average molecular weight is 324 g/mol. The lowest BCUT2D eigenvalue weighted by Crippen LogP contribution is -2.34. The van der Waals surface area contributed by atoms with E-state index in [0.29, 0.717) is 5.92 Å². The zero-order valence-electron chi connectivity index (χ0n) is 12.3. The van der Waals surface area contributed by atoms with Crippen molar-refractivity contribution < 1.29 is 4.42 Å². The van der Waals surface area contributed by atoms with Gasteiger partial charge in [-0.1, -0.05) is 29.8 Å². The molecular weight excluding hydrogens is 302 g/mol. The van der Waals surface area contributed by atoms with Crippen LogP contribution >= 0.6 is 15.9 Å². The number of rotatable bonds is 3. The van der Waals surface area contributed by atoms with Gasteiger partial charge in [-0.05, 0) is 50.5 Å². The molecule has 0 unspecified atom stereocenters. The van der Waals surface area contributed by atoms with Gasteiger partial charge in [-0.2, -0.15) is 0 Å². The third-order valence-electron chi connectivity index (χ3n) is 3.08. The molecule has 19 heavy (non-hydrogen) atoms. The van der Waals surface area contributed by atoms with E-state index in [0.717, 1.165) is 22.4 Å². The van der Waals surface area contributed by atoms with Gasteiger partial charge in [-0.3, -0.25) is 0 Å². The summed E-state index contributed by atoms with van der Waals surface area (Å²) in [6, 6.07) is 6.40. The zero-order valence-corrected chi connectivity index (χ0v) is 13.9. The molecule has 0 aliphatic heterocycles. The van der Waals surface area contributed by atoms with E-state index in [2.05, 4.69) is 74.1 Å². The standard InChI is InChI=1S/C16H22BrNO/c1-10(2)14-8-12(17)6-11-7-13(19-15(11)14)9-18-16(3,4)5/h6-8,10,18H,9H2,1-5H3. The lowest BCUT2D eigenvalue weighted by Gasteiger charge is -2.19. The maximum atomic E-state index is 6.03. The smallest absolute Gasteiger partial charge is 0.137 e. The topological polar surface area (TPSA) is 25.2 Å². The molecule has 104 valence electrons. The Bertz CT molecular complexity index is 578. The Morgan fingerprint density at radius 2 is 1.89 bits per heavy atom. The highest BCUT2D eigenvalue weighted by molar-refractivity contribution is 9.10. The predicted molar refractivity (Wildman–Crippen MR) is 84.6 cm³/mol. The first-order chi connectivity index (χ1) is 8.76. The third kappa shape index (κ3) is 3.61. The molecule has 0 saturated carbocycles. The summed E-state index contributed by atoms with van der Waals surface area (Å²) < 4.78 is 7.14. The Kier molecular flexibility index (Phi) is 4.07. The summed E-state index contributed by atoms with van der Waals surface area (Å²) >= 11 is 3.57. The van der Waals surface area contributed by atoms with Crippen molar-refractivity contribution in [1.82, 2.24) is 5.32 Å². The number of hydrogen-bond donors (Lipinski definition) is 1. The average Bonchev–Trinajstić information content (AvgIpc) is 2.66. The first-order valence-corrected chi connectivity index (χ1v) is 7.52. The van der Waals surface area contributed by atoms with Crippen molar-refractivity contribution in [3.8, 4) is 0 Å². The minimum absolute atomic E-state index is 0.0977. The first-order valence-electron chi connectivity index (χ1n) is 6.73. The van der Waals surface area contributed by atoms with Crippen LogP contribution in [0.15, 0.2) is 27.1 Å². The molecule has 1 heterocycles. The molecule has 0 spiro atoms. The van der Waals surface area contributed by atoms with Crippen molar-refractivity contribution in [2.45, 2.75) is 52.6 Å². The van der Waals surface area contributed by atoms with Crippen LogP contribution in [0.1, 0.15) is 51.9 Å². The molecule has 0 amide bonds.